The number of unbranched alkanes of at least 4 members (excludes halogenated alkanes) is 57. The quantitative estimate of drug-likeness (QED) is 0.0417. The molecule has 0 aliphatic carbocycles. The van der Waals surface area contributed by atoms with Crippen molar-refractivity contribution in [1.29, 1.82) is 0 Å². The Labute approximate surface area is 483 Å². The molecule has 6 nitrogen and oxygen atoms in total. The normalized spacial score (nSPS) is 12.4. The van der Waals surface area contributed by atoms with Gasteiger partial charge in [0.05, 0.1) is 25.4 Å². The lowest BCUT2D eigenvalue weighted by atomic mass is 10.0. The highest BCUT2D eigenvalue weighted by Crippen LogP contribution is 2.20. The molecule has 0 fully saturated rings. The van der Waals surface area contributed by atoms with E-state index in [-0.39, 0.29) is 18.5 Å². The van der Waals surface area contributed by atoms with E-state index in [0.29, 0.717) is 25.9 Å². The molecule has 0 rings (SSSR count). The van der Waals surface area contributed by atoms with Gasteiger partial charge in [-0.2, -0.15) is 0 Å². The molecule has 3 N–H and O–H groups in total. The summed E-state index contributed by atoms with van der Waals surface area (Å²) >= 11 is 0. The summed E-state index contributed by atoms with van der Waals surface area (Å²) in [6.07, 6.45) is 81.6. The third-order valence-electron chi connectivity index (χ3n) is 17.2. The molecule has 0 aromatic rings. The van der Waals surface area contributed by atoms with Crippen LogP contribution >= 0.6 is 0 Å². The SMILES string of the molecule is CCCCCCCCCCCCCCCCCCCCCC(=O)OCCCCCCCCCCCCCCCCCCCCCCCCCCCCCCC(=O)NC(CO)C(O)CCCCCCCCCCCCCCC. The zero-order valence-corrected chi connectivity index (χ0v) is 52.7. The number of aliphatic hydroxyl groups is 2. The van der Waals surface area contributed by atoms with Crippen LogP contribution < -0.4 is 5.32 Å². The Kier molecular flexibility index (Phi) is 66.4. The highest BCUT2D eigenvalue weighted by molar-refractivity contribution is 5.76. The van der Waals surface area contributed by atoms with Gasteiger partial charge in [0.1, 0.15) is 0 Å². The second-order valence-electron chi connectivity index (χ2n) is 24.9. The van der Waals surface area contributed by atoms with Gasteiger partial charge in [-0.15, -0.1) is 0 Å². The van der Waals surface area contributed by atoms with Gasteiger partial charge >= 0.3 is 5.97 Å². The first-order valence-corrected chi connectivity index (χ1v) is 35.8. The van der Waals surface area contributed by atoms with Gasteiger partial charge in [-0.05, 0) is 25.7 Å². The van der Waals surface area contributed by atoms with Crippen LogP contribution in [0.1, 0.15) is 418 Å². The third kappa shape index (κ3) is 63.9. The van der Waals surface area contributed by atoms with Crippen LogP contribution in [-0.4, -0.2) is 47.4 Å². The fourth-order valence-corrected chi connectivity index (χ4v) is 11.7. The summed E-state index contributed by atoms with van der Waals surface area (Å²) in [5, 5.41) is 23.3. The molecule has 77 heavy (non-hydrogen) atoms. The van der Waals surface area contributed by atoms with Crippen LogP contribution in [0.2, 0.25) is 0 Å². The molecule has 460 valence electrons. The van der Waals surface area contributed by atoms with E-state index in [1.165, 1.54) is 347 Å². The van der Waals surface area contributed by atoms with Crippen LogP contribution in [-0.2, 0) is 14.3 Å². The monoisotopic (exact) mass is 1090 g/mol. The van der Waals surface area contributed by atoms with Gasteiger partial charge in [-0.1, -0.05) is 380 Å². The summed E-state index contributed by atoms with van der Waals surface area (Å²) in [4.78, 5) is 24.6. The van der Waals surface area contributed by atoms with Gasteiger partial charge in [0.25, 0.3) is 0 Å². The van der Waals surface area contributed by atoms with E-state index in [4.69, 9.17) is 4.74 Å². The molecule has 0 aliphatic rings. The van der Waals surface area contributed by atoms with Crippen molar-refractivity contribution in [3.05, 3.63) is 0 Å². The fraction of sp³-hybridized carbons (Fsp3) is 0.972. The summed E-state index contributed by atoms with van der Waals surface area (Å²) in [6.45, 7) is 5.00. The summed E-state index contributed by atoms with van der Waals surface area (Å²) < 4.78 is 5.52. The summed E-state index contributed by atoms with van der Waals surface area (Å²) in [5.41, 5.74) is 0. The predicted octanol–water partition coefficient (Wildman–Crippen LogP) is 23.0. The van der Waals surface area contributed by atoms with Crippen LogP contribution in [0.25, 0.3) is 0 Å². The predicted molar refractivity (Wildman–Crippen MR) is 338 cm³/mol. The highest BCUT2D eigenvalue weighted by Gasteiger charge is 2.20. The number of carbonyl (C=O) groups excluding carboxylic acids is 2. The van der Waals surface area contributed by atoms with E-state index in [0.717, 1.165) is 38.5 Å². The second-order valence-corrected chi connectivity index (χ2v) is 24.9. The summed E-state index contributed by atoms with van der Waals surface area (Å²) in [7, 11) is 0. The van der Waals surface area contributed by atoms with E-state index in [1.807, 2.05) is 0 Å². The summed E-state index contributed by atoms with van der Waals surface area (Å²) in [6, 6.07) is -0.537. The largest absolute Gasteiger partial charge is 0.466 e. The van der Waals surface area contributed by atoms with E-state index in [2.05, 4.69) is 19.2 Å². The molecule has 6 heteroatoms. The first-order valence-electron chi connectivity index (χ1n) is 35.8. The Bertz CT molecular complexity index is 1120. The topological polar surface area (TPSA) is 95.9 Å². The number of hydrogen-bond acceptors (Lipinski definition) is 5. The van der Waals surface area contributed by atoms with Gasteiger partial charge in [0, 0.05) is 12.8 Å². The molecule has 0 spiro atoms. The minimum Gasteiger partial charge on any atom is -0.466 e. The standard InChI is InChI=1S/C71H141NO5/c1-3-5-7-9-11-13-15-17-18-19-30-34-37-41-45-49-53-57-61-65-71(76)77-66-62-58-54-50-46-42-38-35-32-29-27-25-23-21-20-22-24-26-28-31-33-36-40-44-48-52-56-60-64-70(75)72-68(67-73)69(74)63-59-55-51-47-43-39-16-14-12-10-8-6-4-2/h68-69,73-74H,3-67H2,1-2H3,(H,72,75). The van der Waals surface area contributed by atoms with Crippen LogP contribution in [0.15, 0.2) is 0 Å². The number of esters is 1. The molecule has 0 saturated heterocycles. The van der Waals surface area contributed by atoms with Crippen LogP contribution in [0.5, 0.6) is 0 Å². The molecule has 0 saturated carbocycles. The lowest BCUT2D eigenvalue weighted by Gasteiger charge is -2.22. The van der Waals surface area contributed by atoms with Crippen molar-refractivity contribution in [2.24, 2.45) is 0 Å². The molecule has 0 aromatic carbocycles. The minimum atomic E-state index is -0.660. The van der Waals surface area contributed by atoms with Crippen molar-refractivity contribution in [2.45, 2.75) is 431 Å². The molecule has 0 aliphatic heterocycles. The summed E-state index contributed by atoms with van der Waals surface area (Å²) in [5.74, 6) is -0.00401. The lowest BCUT2D eigenvalue weighted by molar-refractivity contribution is -0.143. The van der Waals surface area contributed by atoms with Crippen molar-refractivity contribution in [2.75, 3.05) is 13.2 Å². The van der Waals surface area contributed by atoms with Crippen LogP contribution in [0.3, 0.4) is 0 Å². The van der Waals surface area contributed by atoms with Gasteiger partial charge < -0.3 is 20.3 Å². The Hall–Kier alpha value is -1.14. The number of ether oxygens (including phenoxy) is 1. The molecule has 0 aromatic heterocycles. The van der Waals surface area contributed by atoms with Crippen molar-refractivity contribution >= 4 is 11.9 Å². The highest BCUT2D eigenvalue weighted by atomic mass is 16.5. The second kappa shape index (κ2) is 67.4. The number of hydrogen-bond donors (Lipinski definition) is 3. The minimum absolute atomic E-state index is 0.0249. The number of nitrogens with one attached hydrogen (secondary N) is 1. The average Bonchev–Trinajstić information content (AvgIpc) is 3.43. The molecule has 0 heterocycles. The van der Waals surface area contributed by atoms with Crippen LogP contribution in [0.4, 0.5) is 0 Å². The van der Waals surface area contributed by atoms with Gasteiger partial charge in [-0.25, -0.2) is 0 Å². The zero-order chi connectivity index (χ0) is 55.7. The number of aliphatic hydroxyl groups excluding tert-OH is 2. The Balaban J connectivity index is 3.30. The molecule has 2 unspecified atom stereocenters. The number of rotatable bonds is 68. The van der Waals surface area contributed by atoms with Crippen molar-refractivity contribution < 1.29 is 24.5 Å². The maximum absolute atomic E-state index is 12.5. The van der Waals surface area contributed by atoms with E-state index in [9.17, 15) is 19.8 Å². The van der Waals surface area contributed by atoms with E-state index in [1.54, 1.807) is 0 Å². The first kappa shape index (κ1) is 75.9. The third-order valence-corrected chi connectivity index (χ3v) is 17.2. The van der Waals surface area contributed by atoms with Crippen LogP contribution in [0, 0.1) is 0 Å². The number of amides is 1. The van der Waals surface area contributed by atoms with Crippen molar-refractivity contribution in [1.82, 2.24) is 5.32 Å². The zero-order valence-electron chi connectivity index (χ0n) is 52.7. The molecule has 1 amide bonds. The Morgan fingerprint density at radius 3 is 0.792 bits per heavy atom. The molecule has 0 bridgehead atoms. The Morgan fingerprint density at radius 2 is 0.532 bits per heavy atom. The Morgan fingerprint density at radius 1 is 0.312 bits per heavy atom. The average molecular weight is 1090 g/mol. The van der Waals surface area contributed by atoms with Gasteiger partial charge in [0.2, 0.25) is 5.91 Å². The van der Waals surface area contributed by atoms with E-state index < -0.39 is 12.1 Å². The number of carbonyl (C=O) groups is 2. The lowest BCUT2D eigenvalue weighted by Crippen LogP contribution is -2.45. The molecule has 2 atom stereocenters. The molecular weight excluding hydrogens is 947 g/mol. The van der Waals surface area contributed by atoms with Crippen molar-refractivity contribution in [3.8, 4) is 0 Å². The maximum atomic E-state index is 12.5. The fourth-order valence-electron chi connectivity index (χ4n) is 11.7. The first-order chi connectivity index (χ1) is 38.0. The molecular formula is C71H141NO5. The van der Waals surface area contributed by atoms with Gasteiger partial charge in [-0.3, -0.25) is 9.59 Å². The smallest absolute Gasteiger partial charge is 0.305 e. The van der Waals surface area contributed by atoms with Crippen molar-refractivity contribution in [3.63, 3.8) is 0 Å². The van der Waals surface area contributed by atoms with E-state index >= 15 is 0 Å². The van der Waals surface area contributed by atoms with Gasteiger partial charge in [0.15, 0.2) is 0 Å². The maximum Gasteiger partial charge on any atom is 0.305 e. The molecule has 0 radical (unpaired) electrons.